The number of rotatable bonds is 6. The van der Waals surface area contributed by atoms with Crippen LogP contribution in [0.1, 0.15) is 11.7 Å². The van der Waals surface area contributed by atoms with E-state index in [9.17, 15) is 17.2 Å². The van der Waals surface area contributed by atoms with Crippen molar-refractivity contribution < 1.29 is 17.2 Å². The molecule has 0 amide bonds. The van der Waals surface area contributed by atoms with Crippen LogP contribution in [0.3, 0.4) is 0 Å². The largest absolute Gasteiger partial charge is 0.365 e. The van der Waals surface area contributed by atoms with Gasteiger partial charge in [0.25, 0.3) is 10.0 Å². The second-order valence-corrected chi connectivity index (χ2v) is 8.24. The summed E-state index contributed by atoms with van der Waals surface area (Å²) in [4.78, 5) is 6.77. The molecular weight excluding hydrogens is 447 g/mol. The maximum absolute atomic E-state index is 14.5. The van der Waals surface area contributed by atoms with Gasteiger partial charge >= 0.3 is 0 Å². The number of anilines is 2. The van der Waals surface area contributed by atoms with Gasteiger partial charge in [0.05, 0.1) is 16.9 Å². The Kier molecular flexibility index (Phi) is 6.18. The molecule has 0 aliphatic heterocycles. The lowest BCUT2D eigenvalue weighted by atomic mass is 10.1. The number of sulfonamides is 1. The zero-order valence-corrected chi connectivity index (χ0v) is 16.7. The van der Waals surface area contributed by atoms with Gasteiger partial charge in [0.15, 0.2) is 5.82 Å². The third-order valence-corrected chi connectivity index (χ3v) is 5.63. The second-order valence-electron chi connectivity index (χ2n) is 5.75. The molecule has 2 aromatic carbocycles. The second kappa shape index (κ2) is 8.46. The summed E-state index contributed by atoms with van der Waals surface area (Å²) in [5.74, 6) is -1.82. The van der Waals surface area contributed by atoms with E-state index in [4.69, 9.17) is 28.9 Å². The van der Waals surface area contributed by atoms with E-state index < -0.39 is 32.7 Å². The zero-order valence-electron chi connectivity index (χ0n) is 14.4. The maximum atomic E-state index is 14.5. The van der Waals surface area contributed by atoms with Crippen molar-refractivity contribution in [2.45, 2.75) is 11.1 Å². The van der Waals surface area contributed by atoms with Crippen molar-refractivity contribution in [3.8, 4) is 0 Å². The van der Waals surface area contributed by atoms with Crippen molar-refractivity contribution in [3.63, 3.8) is 0 Å². The van der Waals surface area contributed by atoms with E-state index in [-0.39, 0.29) is 27.1 Å². The van der Waals surface area contributed by atoms with Gasteiger partial charge < -0.3 is 11.1 Å². The Balaban J connectivity index is 1.88. The van der Waals surface area contributed by atoms with E-state index in [0.717, 1.165) is 24.4 Å². The van der Waals surface area contributed by atoms with E-state index in [2.05, 4.69) is 20.0 Å². The molecule has 12 heteroatoms. The molecule has 0 saturated carbocycles. The molecule has 1 aromatic heterocycles. The summed E-state index contributed by atoms with van der Waals surface area (Å²) in [7, 11) is -4.32. The quantitative estimate of drug-likeness (QED) is 0.481. The van der Waals surface area contributed by atoms with E-state index in [1.807, 2.05) is 0 Å². The number of aromatic nitrogens is 2. The van der Waals surface area contributed by atoms with Crippen molar-refractivity contribution in [3.05, 3.63) is 76.2 Å². The highest BCUT2D eigenvalue weighted by Gasteiger charge is 2.23. The lowest BCUT2D eigenvalue weighted by Crippen LogP contribution is -2.22. The molecule has 0 aliphatic rings. The topological polar surface area (TPSA) is 110 Å². The van der Waals surface area contributed by atoms with Crippen LogP contribution in [0.4, 0.5) is 20.3 Å². The summed E-state index contributed by atoms with van der Waals surface area (Å²) in [6.07, 6.45) is 2.66. The summed E-state index contributed by atoms with van der Waals surface area (Å²) in [5.41, 5.74) is 5.90. The van der Waals surface area contributed by atoms with Gasteiger partial charge in [-0.3, -0.25) is 9.71 Å². The smallest absolute Gasteiger partial charge is 0.266 e. The number of hydrogen-bond donors (Lipinski definition) is 3. The van der Waals surface area contributed by atoms with Crippen molar-refractivity contribution >= 4 is 44.7 Å². The third-order valence-electron chi connectivity index (χ3n) is 3.72. The van der Waals surface area contributed by atoms with Crippen LogP contribution < -0.4 is 15.8 Å². The van der Waals surface area contributed by atoms with Crippen LogP contribution in [-0.4, -0.2) is 18.4 Å². The minimum atomic E-state index is -4.32. The Labute approximate surface area is 174 Å². The fourth-order valence-corrected chi connectivity index (χ4v) is 3.93. The van der Waals surface area contributed by atoms with Gasteiger partial charge in [-0.25, -0.2) is 22.2 Å². The normalized spacial score (nSPS) is 12.4. The summed E-state index contributed by atoms with van der Waals surface area (Å²) in [6.45, 7) is 0. The predicted molar refractivity (Wildman–Crippen MR) is 106 cm³/mol. The fraction of sp³-hybridized carbons (Fsp3) is 0.0588. The lowest BCUT2D eigenvalue weighted by molar-refractivity contribution is 0.570. The average molecular weight is 460 g/mol. The number of nitrogens with one attached hydrogen (secondary N) is 2. The standard InChI is InChI=1S/C17H13Cl2F2N5O2S/c18-9-1-2-12(20)10(5-9)17(22)25-14-7-13(21)15(6-11(14)19)29(27,28)26-16-8-23-3-4-24-16/h1-8,17,25H,22H2,(H,24,26)/t17-/m1/s1. The SMILES string of the molecule is N[C@H](Nc1cc(F)c(S(=O)(=O)Nc2cnccn2)cc1Cl)c1cc(Cl)ccc1F. The summed E-state index contributed by atoms with van der Waals surface area (Å²) in [6, 6.07) is 5.54. The number of nitrogens with zero attached hydrogens (tertiary/aromatic N) is 2. The van der Waals surface area contributed by atoms with Crippen molar-refractivity contribution in [2.24, 2.45) is 5.73 Å². The van der Waals surface area contributed by atoms with Gasteiger partial charge in [0, 0.05) is 23.0 Å². The van der Waals surface area contributed by atoms with E-state index in [1.165, 1.54) is 24.5 Å². The molecule has 3 rings (SSSR count). The summed E-state index contributed by atoms with van der Waals surface area (Å²) in [5, 5.41) is 2.74. The Bertz CT molecular complexity index is 1150. The van der Waals surface area contributed by atoms with Crippen LogP contribution in [0.2, 0.25) is 10.0 Å². The zero-order chi connectivity index (χ0) is 21.2. The monoisotopic (exact) mass is 459 g/mol. The molecule has 152 valence electrons. The molecule has 4 N–H and O–H groups in total. The Hall–Kier alpha value is -2.53. The van der Waals surface area contributed by atoms with Gasteiger partial charge in [-0.05, 0) is 30.3 Å². The highest BCUT2D eigenvalue weighted by atomic mass is 35.5. The van der Waals surface area contributed by atoms with Gasteiger partial charge in [0.2, 0.25) is 0 Å². The number of benzene rings is 2. The number of halogens is 4. The molecule has 0 unspecified atom stereocenters. The van der Waals surface area contributed by atoms with Gasteiger partial charge in [-0.1, -0.05) is 23.2 Å². The molecule has 7 nitrogen and oxygen atoms in total. The van der Waals surface area contributed by atoms with Crippen LogP contribution in [0.15, 0.2) is 53.8 Å². The van der Waals surface area contributed by atoms with Gasteiger partial charge in [-0.2, -0.15) is 0 Å². The fourth-order valence-electron chi connectivity index (χ4n) is 2.39. The number of nitrogens with two attached hydrogens (primary N) is 1. The molecule has 1 atom stereocenters. The molecule has 3 aromatic rings. The van der Waals surface area contributed by atoms with Crippen LogP contribution in [0, 0.1) is 11.6 Å². The lowest BCUT2D eigenvalue weighted by Gasteiger charge is -2.18. The first-order chi connectivity index (χ1) is 13.7. The van der Waals surface area contributed by atoms with E-state index in [0.29, 0.717) is 0 Å². The highest BCUT2D eigenvalue weighted by molar-refractivity contribution is 7.92. The van der Waals surface area contributed by atoms with Crippen molar-refractivity contribution in [1.82, 2.24) is 9.97 Å². The number of hydrogen-bond acceptors (Lipinski definition) is 6. The summed E-state index contributed by atoms with van der Waals surface area (Å²) < 4.78 is 55.4. The molecule has 0 bridgehead atoms. The molecule has 0 aliphatic carbocycles. The minimum absolute atomic E-state index is 0.0231. The minimum Gasteiger partial charge on any atom is -0.365 e. The molecule has 1 heterocycles. The van der Waals surface area contributed by atoms with Crippen LogP contribution in [-0.2, 0) is 10.0 Å². The van der Waals surface area contributed by atoms with Gasteiger partial charge in [0.1, 0.15) is 22.7 Å². The van der Waals surface area contributed by atoms with Crippen molar-refractivity contribution in [1.29, 1.82) is 0 Å². The van der Waals surface area contributed by atoms with E-state index >= 15 is 0 Å². The van der Waals surface area contributed by atoms with Crippen LogP contribution in [0.5, 0.6) is 0 Å². The molecule has 0 fully saturated rings. The first-order valence-corrected chi connectivity index (χ1v) is 10.2. The highest BCUT2D eigenvalue weighted by Crippen LogP contribution is 2.31. The van der Waals surface area contributed by atoms with Crippen molar-refractivity contribution in [2.75, 3.05) is 10.0 Å². The first-order valence-electron chi connectivity index (χ1n) is 7.92. The van der Waals surface area contributed by atoms with E-state index in [1.54, 1.807) is 0 Å². The molecule has 0 spiro atoms. The molecule has 29 heavy (non-hydrogen) atoms. The van der Waals surface area contributed by atoms with Crippen LogP contribution in [0.25, 0.3) is 0 Å². The molecule has 0 radical (unpaired) electrons. The predicted octanol–water partition coefficient (Wildman–Crippen LogP) is 3.93. The maximum Gasteiger partial charge on any atom is 0.266 e. The van der Waals surface area contributed by atoms with Gasteiger partial charge in [-0.15, -0.1) is 0 Å². The molecular formula is C17H13Cl2F2N5O2S. The first kappa shape index (κ1) is 21.2. The van der Waals surface area contributed by atoms with Crippen LogP contribution >= 0.6 is 23.2 Å². The Morgan fingerprint density at radius 3 is 2.52 bits per heavy atom. The third kappa shape index (κ3) is 4.91. The molecule has 0 saturated heterocycles. The summed E-state index contributed by atoms with van der Waals surface area (Å²) >= 11 is 11.9. The Morgan fingerprint density at radius 2 is 1.83 bits per heavy atom. The Morgan fingerprint density at radius 1 is 1.07 bits per heavy atom. The average Bonchev–Trinajstić information content (AvgIpc) is 2.66.